The highest BCUT2D eigenvalue weighted by molar-refractivity contribution is 6.02. The van der Waals surface area contributed by atoms with Crippen LogP contribution >= 0.6 is 0 Å². The van der Waals surface area contributed by atoms with Crippen LogP contribution in [0.1, 0.15) is 82.1 Å². The molecule has 3 atom stereocenters. The maximum atomic E-state index is 14.1. The molecule has 3 fully saturated rings. The van der Waals surface area contributed by atoms with E-state index in [9.17, 15) is 18.8 Å². The molecule has 1 saturated heterocycles. The summed E-state index contributed by atoms with van der Waals surface area (Å²) >= 11 is 0. The fourth-order valence-electron chi connectivity index (χ4n) is 8.36. The van der Waals surface area contributed by atoms with Crippen molar-refractivity contribution in [2.45, 2.75) is 95.5 Å². The summed E-state index contributed by atoms with van der Waals surface area (Å²) < 4.78 is 26.2. The van der Waals surface area contributed by atoms with E-state index in [1.54, 1.807) is 13.2 Å². The third kappa shape index (κ3) is 5.57. The summed E-state index contributed by atoms with van der Waals surface area (Å²) in [6.07, 6.45) is 7.79. The Labute approximate surface area is 252 Å². The highest BCUT2D eigenvalue weighted by Crippen LogP contribution is 2.42. The standard InChI is InChI=1S/C33H45FN4O5/c1-33(2)38-27-13-10-23(16-22(27)17-28(38)32(41)43-33)36-30(39)29-25(19-8-11-24(42-3)12-9-19)14-15-37(29)31(40)21-6-4-20(5-7-21)26(35)18-34/h10,13,16-17,19-21,24-26,29H,4-9,11-12,14-15,18,35H2,1-3H3,(H,36,39)/t19?,20-,21-,24?,25-,26+,29-/m0/s1. The molecule has 2 aliphatic heterocycles. The first-order valence-electron chi connectivity index (χ1n) is 16.0. The van der Waals surface area contributed by atoms with E-state index in [0.717, 1.165) is 55.8 Å². The molecule has 3 N–H and O–H groups in total. The van der Waals surface area contributed by atoms with E-state index < -0.39 is 24.5 Å². The number of anilines is 1. The predicted octanol–water partition coefficient (Wildman–Crippen LogP) is 4.97. The lowest BCUT2D eigenvalue weighted by molar-refractivity contribution is -0.142. The van der Waals surface area contributed by atoms with Crippen LogP contribution in [0.3, 0.4) is 0 Å². The lowest BCUT2D eigenvalue weighted by Gasteiger charge is -2.37. The van der Waals surface area contributed by atoms with Crippen LogP contribution in [0, 0.1) is 23.7 Å². The Balaban J connectivity index is 1.22. The van der Waals surface area contributed by atoms with Crippen LogP contribution < -0.4 is 11.1 Å². The summed E-state index contributed by atoms with van der Waals surface area (Å²) in [5, 5.41) is 3.98. The number of nitrogens with zero attached hydrogens (tertiary/aromatic N) is 2. The van der Waals surface area contributed by atoms with Gasteiger partial charge in [-0.05, 0) is 114 Å². The Kier molecular flexibility index (Phi) is 8.28. The topological polar surface area (TPSA) is 116 Å². The monoisotopic (exact) mass is 596 g/mol. The molecule has 0 spiro atoms. The molecule has 0 unspecified atom stereocenters. The van der Waals surface area contributed by atoms with Gasteiger partial charge >= 0.3 is 5.97 Å². The summed E-state index contributed by atoms with van der Waals surface area (Å²) in [6, 6.07) is 6.42. The number of nitrogens with two attached hydrogens (primary N) is 1. The summed E-state index contributed by atoms with van der Waals surface area (Å²) in [5.74, 6) is -0.111. The summed E-state index contributed by atoms with van der Waals surface area (Å²) in [5.41, 5.74) is 7.17. The second kappa shape index (κ2) is 11.8. The highest BCUT2D eigenvalue weighted by Gasteiger charge is 2.47. The minimum absolute atomic E-state index is 0.0422. The number of aromatic nitrogens is 1. The van der Waals surface area contributed by atoms with E-state index in [2.05, 4.69) is 5.32 Å². The Morgan fingerprint density at radius 1 is 1.09 bits per heavy atom. The Morgan fingerprint density at radius 2 is 1.81 bits per heavy atom. The number of likely N-dealkylation sites (tertiary alicyclic amines) is 1. The summed E-state index contributed by atoms with van der Waals surface area (Å²) in [7, 11) is 1.76. The average molecular weight is 597 g/mol. The largest absolute Gasteiger partial charge is 0.434 e. The van der Waals surface area contributed by atoms with Crippen molar-refractivity contribution in [2.24, 2.45) is 29.4 Å². The van der Waals surface area contributed by atoms with Gasteiger partial charge in [0.1, 0.15) is 18.4 Å². The number of fused-ring (bicyclic) bond motifs is 3. The number of halogens is 1. The van der Waals surface area contributed by atoms with E-state index in [-0.39, 0.29) is 41.6 Å². The zero-order valence-electron chi connectivity index (χ0n) is 25.5. The molecule has 234 valence electrons. The molecule has 2 aliphatic carbocycles. The Morgan fingerprint density at radius 3 is 2.49 bits per heavy atom. The van der Waals surface area contributed by atoms with E-state index in [0.29, 0.717) is 36.7 Å². The number of nitrogens with one attached hydrogen (secondary N) is 1. The van der Waals surface area contributed by atoms with Gasteiger partial charge in [-0.3, -0.25) is 14.2 Å². The predicted molar refractivity (Wildman–Crippen MR) is 161 cm³/mol. The quantitative estimate of drug-likeness (QED) is 0.436. The number of rotatable bonds is 7. The maximum Gasteiger partial charge on any atom is 0.357 e. The van der Waals surface area contributed by atoms with Crippen molar-refractivity contribution in [2.75, 3.05) is 25.6 Å². The summed E-state index contributed by atoms with van der Waals surface area (Å²) in [6.45, 7) is 3.73. The zero-order valence-corrected chi connectivity index (χ0v) is 25.5. The van der Waals surface area contributed by atoms with Crippen LogP contribution in [0.5, 0.6) is 0 Å². The van der Waals surface area contributed by atoms with Gasteiger partial charge in [-0.15, -0.1) is 0 Å². The number of cyclic esters (lactones) is 1. The number of esters is 1. The minimum Gasteiger partial charge on any atom is -0.434 e. The molecule has 1 aromatic carbocycles. The van der Waals surface area contributed by atoms with E-state index in [1.165, 1.54) is 0 Å². The molecule has 6 rings (SSSR count). The molecule has 10 heteroatoms. The van der Waals surface area contributed by atoms with Crippen molar-refractivity contribution in [1.82, 2.24) is 9.47 Å². The first-order valence-corrected chi connectivity index (χ1v) is 16.0. The molecule has 3 heterocycles. The molecule has 2 saturated carbocycles. The van der Waals surface area contributed by atoms with Gasteiger partial charge in [-0.25, -0.2) is 9.18 Å². The van der Waals surface area contributed by atoms with Crippen molar-refractivity contribution < 1.29 is 28.2 Å². The fourth-order valence-corrected chi connectivity index (χ4v) is 8.36. The van der Waals surface area contributed by atoms with Crippen LogP contribution in [-0.4, -0.2) is 65.8 Å². The van der Waals surface area contributed by atoms with Gasteiger partial charge in [-0.1, -0.05) is 0 Å². The van der Waals surface area contributed by atoms with Gasteiger partial charge in [0.05, 0.1) is 11.6 Å². The van der Waals surface area contributed by atoms with Crippen molar-refractivity contribution >= 4 is 34.4 Å². The molecule has 1 aromatic heterocycles. The molecule has 4 aliphatic rings. The van der Waals surface area contributed by atoms with Gasteiger partial charge in [0.2, 0.25) is 11.8 Å². The average Bonchev–Trinajstić information content (AvgIpc) is 3.68. The summed E-state index contributed by atoms with van der Waals surface area (Å²) in [4.78, 5) is 42.4. The molecular weight excluding hydrogens is 551 g/mol. The number of carbonyl (C=O) groups is 3. The lowest BCUT2D eigenvalue weighted by Crippen LogP contribution is -2.50. The molecular formula is C33H45FN4O5. The number of amides is 2. The SMILES string of the molecule is COC1CCC([C@@H]2CCN(C(=O)[C@H]3CC[C@H]([C@H](N)CF)CC3)[C@@H]2C(=O)Nc2ccc3c(c2)cc2n3C(C)(C)OC2=O)CC1. The number of carbonyl (C=O) groups excluding carboxylic acids is 3. The number of hydrogen-bond donors (Lipinski definition) is 2. The third-order valence-corrected chi connectivity index (χ3v) is 10.7. The fraction of sp³-hybridized carbons (Fsp3) is 0.667. The normalized spacial score (nSPS) is 31.1. The van der Waals surface area contributed by atoms with Crippen LogP contribution in [0.4, 0.5) is 10.1 Å². The van der Waals surface area contributed by atoms with Crippen LogP contribution in [0.25, 0.3) is 10.9 Å². The first-order chi connectivity index (χ1) is 20.6. The van der Waals surface area contributed by atoms with Gasteiger partial charge in [0.25, 0.3) is 0 Å². The number of ether oxygens (including phenoxy) is 2. The molecule has 2 aromatic rings. The van der Waals surface area contributed by atoms with Crippen LogP contribution in [-0.2, 0) is 24.8 Å². The Hall–Kier alpha value is -2.98. The van der Waals surface area contributed by atoms with Crippen molar-refractivity contribution in [3.8, 4) is 0 Å². The molecule has 43 heavy (non-hydrogen) atoms. The van der Waals surface area contributed by atoms with Crippen LogP contribution in [0.15, 0.2) is 24.3 Å². The van der Waals surface area contributed by atoms with Crippen molar-refractivity contribution in [1.29, 1.82) is 0 Å². The third-order valence-electron chi connectivity index (χ3n) is 10.7. The number of methoxy groups -OCH3 is 1. The molecule has 0 radical (unpaired) electrons. The van der Waals surface area contributed by atoms with Gasteiger partial charge in [0, 0.05) is 36.7 Å². The highest BCUT2D eigenvalue weighted by atomic mass is 19.1. The second-order valence-corrected chi connectivity index (χ2v) is 13.6. The number of benzene rings is 1. The second-order valence-electron chi connectivity index (χ2n) is 13.6. The molecule has 9 nitrogen and oxygen atoms in total. The van der Waals surface area contributed by atoms with Crippen molar-refractivity contribution in [3.05, 3.63) is 30.0 Å². The van der Waals surface area contributed by atoms with Gasteiger partial charge < -0.3 is 25.4 Å². The van der Waals surface area contributed by atoms with E-state index >= 15 is 0 Å². The minimum atomic E-state index is -0.783. The first kappa shape index (κ1) is 30.1. The number of hydrogen-bond acceptors (Lipinski definition) is 6. The lowest BCUT2D eigenvalue weighted by atomic mass is 9.75. The maximum absolute atomic E-state index is 14.1. The Bertz CT molecular complexity index is 1370. The zero-order chi connectivity index (χ0) is 30.5. The van der Waals surface area contributed by atoms with Gasteiger partial charge in [0.15, 0.2) is 5.72 Å². The molecule has 0 bridgehead atoms. The van der Waals surface area contributed by atoms with E-state index in [1.807, 2.05) is 41.5 Å². The number of alkyl halides is 1. The van der Waals surface area contributed by atoms with Crippen molar-refractivity contribution in [3.63, 3.8) is 0 Å². The smallest absolute Gasteiger partial charge is 0.357 e. The molecule has 2 amide bonds. The van der Waals surface area contributed by atoms with Gasteiger partial charge in [-0.2, -0.15) is 0 Å². The van der Waals surface area contributed by atoms with Crippen LogP contribution in [0.2, 0.25) is 0 Å². The van der Waals surface area contributed by atoms with E-state index in [4.69, 9.17) is 15.2 Å².